The first-order chi connectivity index (χ1) is 14.2. The van der Waals surface area contributed by atoms with Crippen molar-refractivity contribution < 1.29 is 4.74 Å². The van der Waals surface area contributed by atoms with Crippen LogP contribution in [0, 0.1) is 5.92 Å². The quantitative estimate of drug-likeness (QED) is 0.709. The molecule has 4 rings (SSSR count). The van der Waals surface area contributed by atoms with Crippen LogP contribution in [0.1, 0.15) is 63.9 Å². The Morgan fingerprint density at radius 2 is 1.79 bits per heavy atom. The number of rotatable bonds is 7. The highest BCUT2D eigenvalue weighted by Crippen LogP contribution is 2.35. The molecule has 1 aliphatic carbocycles. The fraction of sp³-hybridized carbons (Fsp3) is 0.682. The lowest BCUT2D eigenvalue weighted by atomic mass is 10.0. The minimum absolute atomic E-state index is 0.283. The Kier molecular flexibility index (Phi) is 6.33. The van der Waals surface area contributed by atoms with Gasteiger partial charge < -0.3 is 9.64 Å². The predicted molar refractivity (Wildman–Crippen MR) is 114 cm³/mol. The third-order valence-electron chi connectivity index (χ3n) is 6.36. The molecule has 29 heavy (non-hydrogen) atoms. The predicted octanol–water partition coefficient (Wildman–Crippen LogP) is 3.71. The highest BCUT2D eigenvalue weighted by atomic mass is 16.5. The van der Waals surface area contributed by atoms with Gasteiger partial charge >= 0.3 is 0 Å². The molecule has 2 aliphatic rings. The van der Waals surface area contributed by atoms with E-state index in [9.17, 15) is 0 Å². The Morgan fingerprint density at radius 1 is 1.07 bits per heavy atom. The smallest absolute Gasteiger partial charge is 0.168 e. The summed E-state index contributed by atoms with van der Waals surface area (Å²) in [4.78, 5) is 5.02. The molecule has 158 valence electrons. The summed E-state index contributed by atoms with van der Waals surface area (Å²) in [5.41, 5.74) is 1.19. The third kappa shape index (κ3) is 4.39. The van der Waals surface area contributed by atoms with Crippen molar-refractivity contribution in [1.29, 1.82) is 0 Å². The maximum absolute atomic E-state index is 5.57. The SMILES string of the molecule is COc1ccccc1N1CCN([C@H](CC(C)C)c2nnnn2C2CCCC2)CC1. The highest BCUT2D eigenvalue weighted by Gasteiger charge is 2.32. The third-order valence-corrected chi connectivity index (χ3v) is 6.36. The zero-order valence-corrected chi connectivity index (χ0v) is 18.0. The Balaban J connectivity index is 1.50. The normalized spacial score (nSPS) is 19.8. The second-order valence-corrected chi connectivity index (χ2v) is 8.76. The van der Waals surface area contributed by atoms with Gasteiger partial charge in [-0.1, -0.05) is 38.8 Å². The van der Waals surface area contributed by atoms with E-state index in [1.807, 2.05) is 12.1 Å². The number of ether oxygens (including phenoxy) is 1. The van der Waals surface area contributed by atoms with E-state index in [2.05, 4.69) is 56.0 Å². The molecule has 1 saturated heterocycles. The van der Waals surface area contributed by atoms with Crippen molar-refractivity contribution in [3.05, 3.63) is 30.1 Å². The molecule has 0 bridgehead atoms. The number of aromatic nitrogens is 4. The molecule has 7 heteroatoms. The van der Waals surface area contributed by atoms with Crippen LogP contribution in [0.3, 0.4) is 0 Å². The topological polar surface area (TPSA) is 59.3 Å². The van der Waals surface area contributed by atoms with Crippen LogP contribution in [-0.4, -0.2) is 58.4 Å². The lowest BCUT2D eigenvalue weighted by molar-refractivity contribution is 0.150. The number of para-hydroxylation sites is 2. The fourth-order valence-corrected chi connectivity index (χ4v) is 4.86. The first-order valence-corrected chi connectivity index (χ1v) is 11.1. The number of tetrazole rings is 1. The van der Waals surface area contributed by atoms with E-state index in [4.69, 9.17) is 4.74 Å². The molecule has 1 aliphatic heterocycles. The van der Waals surface area contributed by atoms with E-state index in [1.54, 1.807) is 7.11 Å². The first-order valence-electron chi connectivity index (χ1n) is 11.1. The lowest BCUT2D eigenvalue weighted by Crippen LogP contribution is -2.48. The van der Waals surface area contributed by atoms with Crippen molar-refractivity contribution >= 4 is 5.69 Å². The first kappa shape index (κ1) is 20.1. The molecule has 1 saturated carbocycles. The highest BCUT2D eigenvalue weighted by molar-refractivity contribution is 5.58. The van der Waals surface area contributed by atoms with Gasteiger partial charge in [0, 0.05) is 26.2 Å². The maximum atomic E-state index is 5.57. The van der Waals surface area contributed by atoms with Gasteiger partial charge in [0.25, 0.3) is 0 Å². The number of hydrogen-bond acceptors (Lipinski definition) is 6. The van der Waals surface area contributed by atoms with E-state index in [0.29, 0.717) is 12.0 Å². The molecule has 0 unspecified atom stereocenters. The lowest BCUT2D eigenvalue weighted by Gasteiger charge is -2.40. The van der Waals surface area contributed by atoms with Gasteiger partial charge in [0.2, 0.25) is 0 Å². The Morgan fingerprint density at radius 3 is 2.48 bits per heavy atom. The van der Waals surface area contributed by atoms with E-state index >= 15 is 0 Å². The number of piperazine rings is 1. The van der Waals surface area contributed by atoms with E-state index in [1.165, 1.54) is 31.4 Å². The van der Waals surface area contributed by atoms with Gasteiger partial charge in [-0.2, -0.15) is 0 Å². The van der Waals surface area contributed by atoms with Crippen LogP contribution < -0.4 is 9.64 Å². The molecule has 2 fully saturated rings. The average molecular weight is 399 g/mol. The molecule has 2 heterocycles. The summed E-state index contributed by atoms with van der Waals surface area (Å²) in [7, 11) is 1.75. The summed E-state index contributed by atoms with van der Waals surface area (Å²) in [6, 6.07) is 9.07. The van der Waals surface area contributed by atoms with Crippen molar-refractivity contribution in [2.45, 2.75) is 58.0 Å². The molecule has 0 amide bonds. The number of nitrogens with zero attached hydrogens (tertiary/aromatic N) is 6. The van der Waals surface area contributed by atoms with Crippen LogP contribution in [0.4, 0.5) is 5.69 Å². The number of anilines is 1. The molecule has 1 aromatic carbocycles. The summed E-state index contributed by atoms with van der Waals surface area (Å²) in [6.45, 7) is 8.57. The number of methoxy groups -OCH3 is 1. The van der Waals surface area contributed by atoms with Gasteiger partial charge in [0.15, 0.2) is 5.82 Å². The van der Waals surface area contributed by atoms with Crippen LogP contribution in [0.15, 0.2) is 24.3 Å². The number of benzene rings is 1. The van der Waals surface area contributed by atoms with Crippen LogP contribution in [0.25, 0.3) is 0 Å². The summed E-state index contributed by atoms with van der Waals surface area (Å²) in [6.07, 6.45) is 6.07. The molecule has 1 atom stereocenters. The Hall–Kier alpha value is -2.15. The van der Waals surface area contributed by atoms with Crippen LogP contribution in [0.2, 0.25) is 0 Å². The Labute approximate surface area is 174 Å². The second kappa shape index (κ2) is 9.11. The molecular formula is C22H34N6O. The van der Waals surface area contributed by atoms with Crippen molar-refractivity contribution in [1.82, 2.24) is 25.1 Å². The van der Waals surface area contributed by atoms with Crippen LogP contribution in [-0.2, 0) is 0 Å². The summed E-state index contributed by atoms with van der Waals surface area (Å²) in [5.74, 6) is 2.61. The fourth-order valence-electron chi connectivity index (χ4n) is 4.86. The van der Waals surface area contributed by atoms with Gasteiger partial charge in [-0.05, 0) is 47.7 Å². The van der Waals surface area contributed by atoms with Crippen LogP contribution in [0.5, 0.6) is 5.75 Å². The minimum atomic E-state index is 0.283. The molecular weight excluding hydrogens is 364 g/mol. The molecule has 2 aromatic rings. The van der Waals surface area contributed by atoms with Crippen molar-refractivity contribution in [3.63, 3.8) is 0 Å². The van der Waals surface area contributed by atoms with Gasteiger partial charge in [-0.25, -0.2) is 4.68 Å². The average Bonchev–Trinajstić information content (AvgIpc) is 3.43. The van der Waals surface area contributed by atoms with Crippen molar-refractivity contribution in [2.24, 2.45) is 5.92 Å². The van der Waals surface area contributed by atoms with Crippen LogP contribution >= 0.6 is 0 Å². The van der Waals surface area contributed by atoms with Gasteiger partial charge in [0.05, 0.1) is 24.9 Å². The van der Waals surface area contributed by atoms with Gasteiger partial charge in [-0.3, -0.25) is 4.90 Å². The standard InChI is InChI=1S/C22H34N6O/c1-17(2)16-20(22-23-24-25-28(22)18-8-4-5-9-18)27-14-12-26(13-15-27)19-10-6-7-11-21(19)29-3/h6-7,10-11,17-18,20H,4-5,8-9,12-16H2,1-3H3/t20-/m1/s1. The molecule has 0 N–H and O–H groups in total. The van der Waals surface area contributed by atoms with Gasteiger partial charge in [0.1, 0.15) is 5.75 Å². The maximum Gasteiger partial charge on any atom is 0.168 e. The zero-order chi connectivity index (χ0) is 20.2. The minimum Gasteiger partial charge on any atom is -0.495 e. The van der Waals surface area contributed by atoms with E-state index < -0.39 is 0 Å². The van der Waals surface area contributed by atoms with Crippen molar-refractivity contribution in [3.8, 4) is 5.75 Å². The summed E-state index contributed by atoms with van der Waals surface area (Å²) in [5, 5.41) is 13.0. The monoisotopic (exact) mass is 398 g/mol. The zero-order valence-electron chi connectivity index (χ0n) is 18.0. The van der Waals surface area contributed by atoms with E-state index in [0.717, 1.165) is 44.2 Å². The molecule has 0 radical (unpaired) electrons. The molecule has 7 nitrogen and oxygen atoms in total. The number of hydrogen-bond donors (Lipinski definition) is 0. The largest absolute Gasteiger partial charge is 0.495 e. The second-order valence-electron chi connectivity index (χ2n) is 8.76. The van der Waals surface area contributed by atoms with E-state index in [-0.39, 0.29) is 6.04 Å². The molecule has 0 spiro atoms. The summed E-state index contributed by atoms with van der Waals surface area (Å²) < 4.78 is 7.72. The Bertz CT molecular complexity index is 777. The van der Waals surface area contributed by atoms with Gasteiger partial charge in [-0.15, -0.1) is 5.10 Å². The van der Waals surface area contributed by atoms with Crippen molar-refractivity contribution in [2.75, 3.05) is 38.2 Å². The molecule has 1 aromatic heterocycles. The summed E-state index contributed by atoms with van der Waals surface area (Å²) >= 11 is 0.